The van der Waals surface area contributed by atoms with Crippen LogP contribution in [0, 0.1) is 12.7 Å². The molecule has 0 bridgehead atoms. The lowest BCUT2D eigenvalue weighted by Crippen LogP contribution is -2.36. The first-order valence-corrected chi connectivity index (χ1v) is 10.4. The van der Waals surface area contributed by atoms with Gasteiger partial charge in [0.25, 0.3) is 0 Å². The van der Waals surface area contributed by atoms with Gasteiger partial charge in [0.05, 0.1) is 13.2 Å². The van der Waals surface area contributed by atoms with E-state index in [9.17, 15) is 9.18 Å². The lowest BCUT2D eigenvalue weighted by Gasteiger charge is -2.28. The van der Waals surface area contributed by atoms with E-state index in [1.807, 2.05) is 25.1 Å². The molecule has 1 aromatic heterocycles. The van der Waals surface area contributed by atoms with Crippen molar-refractivity contribution in [1.82, 2.24) is 9.97 Å². The molecule has 8 heteroatoms. The number of benzene rings is 2. The number of anilines is 4. The van der Waals surface area contributed by atoms with E-state index in [1.54, 1.807) is 30.3 Å². The summed E-state index contributed by atoms with van der Waals surface area (Å²) in [5, 5.41) is 6.04. The molecule has 0 spiro atoms. The SMILES string of the molecule is Cc1nc(Nc2ccc(NC(=O)/C=C/c3ccccc3F)cc2)cc(N2CCOCC2)n1. The fourth-order valence-electron chi connectivity index (χ4n) is 3.31. The summed E-state index contributed by atoms with van der Waals surface area (Å²) in [5.41, 5.74) is 1.82. The first-order valence-electron chi connectivity index (χ1n) is 10.4. The van der Waals surface area contributed by atoms with Gasteiger partial charge in [0.2, 0.25) is 5.91 Å². The van der Waals surface area contributed by atoms with E-state index in [0.717, 1.165) is 24.6 Å². The number of nitrogens with zero attached hydrogens (tertiary/aromatic N) is 3. The predicted octanol–water partition coefficient (Wildman–Crippen LogP) is 4.16. The number of hydrogen-bond donors (Lipinski definition) is 2. The molecule has 1 aliphatic heterocycles. The first-order chi connectivity index (χ1) is 15.6. The fraction of sp³-hybridized carbons (Fsp3) is 0.208. The van der Waals surface area contributed by atoms with Gasteiger partial charge in [0.15, 0.2) is 0 Å². The normalized spacial score (nSPS) is 13.9. The third kappa shape index (κ3) is 5.67. The monoisotopic (exact) mass is 433 g/mol. The summed E-state index contributed by atoms with van der Waals surface area (Å²) < 4.78 is 19.0. The van der Waals surface area contributed by atoms with Gasteiger partial charge in [-0.2, -0.15) is 0 Å². The largest absolute Gasteiger partial charge is 0.378 e. The number of halogens is 1. The van der Waals surface area contributed by atoms with E-state index in [2.05, 4.69) is 25.5 Å². The molecule has 1 fully saturated rings. The predicted molar refractivity (Wildman–Crippen MR) is 124 cm³/mol. The van der Waals surface area contributed by atoms with Crippen LogP contribution in [0.4, 0.5) is 27.4 Å². The molecule has 0 saturated carbocycles. The van der Waals surface area contributed by atoms with Crippen molar-refractivity contribution in [2.45, 2.75) is 6.92 Å². The summed E-state index contributed by atoms with van der Waals surface area (Å²) in [6.45, 7) is 4.84. The van der Waals surface area contributed by atoms with Crippen molar-refractivity contribution >= 4 is 35.0 Å². The Morgan fingerprint density at radius 2 is 1.78 bits per heavy atom. The smallest absolute Gasteiger partial charge is 0.248 e. The van der Waals surface area contributed by atoms with Crippen LogP contribution < -0.4 is 15.5 Å². The van der Waals surface area contributed by atoms with E-state index >= 15 is 0 Å². The molecule has 0 radical (unpaired) electrons. The summed E-state index contributed by atoms with van der Waals surface area (Å²) in [6, 6.07) is 15.5. The highest BCUT2D eigenvalue weighted by molar-refractivity contribution is 6.02. The first kappa shape index (κ1) is 21.5. The van der Waals surface area contributed by atoms with E-state index in [4.69, 9.17) is 4.74 Å². The van der Waals surface area contributed by atoms with Crippen LogP contribution in [-0.2, 0) is 9.53 Å². The van der Waals surface area contributed by atoms with Crippen LogP contribution in [0.25, 0.3) is 6.08 Å². The van der Waals surface area contributed by atoms with Crippen molar-refractivity contribution in [3.8, 4) is 0 Å². The summed E-state index contributed by atoms with van der Waals surface area (Å²) in [7, 11) is 0. The molecule has 0 unspecified atom stereocenters. The van der Waals surface area contributed by atoms with Gasteiger partial charge < -0.3 is 20.3 Å². The lowest BCUT2D eigenvalue weighted by molar-refractivity contribution is -0.111. The van der Waals surface area contributed by atoms with Crippen LogP contribution in [0.1, 0.15) is 11.4 Å². The van der Waals surface area contributed by atoms with Crippen molar-refractivity contribution in [2.24, 2.45) is 0 Å². The van der Waals surface area contributed by atoms with Crippen molar-refractivity contribution in [3.63, 3.8) is 0 Å². The highest BCUT2D eigenvalue weighted by Crippen LogP contribution is 2.22. The molecular weight excluding hydrogens is 409 g/mol. The highest BCUT2D eigenvalue weighted by Gasteiger charge is 2.14. The third-order valence-corrected chi connectivity index (χ3v) is 4.90. The van der Waals surface area contributed by atoms with Crippen LogP contribution in [0.15, 0.2) is 60.7 Å². The fourth-order valence-corrected chi connectivity index (χ4v) is 3.31. The average Bonchev–Trinajstić information content (AvgIpc) is 2.80. The van der Waals surface area contributed by atoms with Gasteiger partial charge in [-0.15, -0.1) is 0 Å². The minimum atomic E-state index is -0.372. The number of morpholine rings is 1. The van der Waals surface area contributed by atoms with Gasteiger partial charge in [-0.05, 0) is 43.3 Å². The number of rotatable bonds is 6. The Kier molecular flexibility index (Phi) is 6.72. The molecule has 164 valence electrons. The Morgan fingerprint density at radius 3 is 2.53 bits per heavy atom. The molecule has 32 heavy (non-hydrogen) atoms. The van der Waals surface area contributed by atoms with Gasteiger partial charge in [0.1, 0.15) is 23.3 Å². The summed E-state index contributed by atoms with van der Waals surface area (Å²) in [5.74, 6) is 1.54. The van der Waals surface area contributed by atoms with Gasteiger partial charge in [0, 0.05) is 42.2 Å². The summed E-state index contributed by atoms with van der Waals surface area (Å²) in [4.78, 5) is 23.3. The minimum absolute atomic E-state index is 0.337. The van der Waals surface area contributed by atoms with E-state index < -0.39 is 0 Å². The standard InChI is InChI=1S/C24H24FN5O2/c1-17-26-22(16-23(27-17)30-12-14-32-15-13-30)28-19-7-9-20(10-8-19)29-24(31)11-6-18-4-2-3-5-21(18)25/h2-11,16H,12-15H2,1H3,(H,29,31)(H,26,27,28)/b11-6+. The Hall–Kier alpha value is -3.78. The summed E-state index contributed by atoms with van der Waals surface area (Å²) in [6.07, 6.45) is 2.76. The number of ether oxygens (including phenoxy) is 1. The molecule has 2 aromatic carbocycles. The van der Waals surface area contributed by atoms with Crippen LogP contribution in [0.2, 0.25) is 0 Å². The third-order valence-electron chi connectivity index (χ3n) is 4.90. The Balaban J connectivity index is 1.38. The number of carbonyl (C=O) groups is 1. The number of aryl methyl sites for hydroxylation is 1. The number of aromatic nitrogens is 2. The second kappa shape index (κ2) is 10.0. The molecule has 1 saturated heterocycles. The quantitative estimate of drug-likeness (QED) is 0.569. The van der Waals surface area contributed by atoms with E-state index in [-0.39, 0.29) is 11.7 Å². The maximum atomic E-state index is 13.6. The molecule has 2 heterocycles. The maximum Gasteiger partial charge on any atom is 0.248 e. The molecule has 2 N–H and O–H groups in total. The maximum absolute atomic E-state index is 13.6. The van der Waals surface area contributed by atoms with Crippen LogP contribution >= 0.6 is 0 Å². The van der Waals surface area contributed by atoms with E-state index in [1.165, 1.54) is 18.2 Å². The number of carbonyl (C=O) groups excluding carboxylic acids is 1. The second-order valence-corrected chi connectivity index (χ2v) is 7.30. The van der Waals surface area contributed by atoms with Crippen molar-refractivity contribution in [1.29, 1.82) is 0 Å². The van der Waals surface area contributed by atoms with Crippen LogP contribution in [-0.4, -0.2) is 42.2 Å². The molecule has 3 aromatic rings. The molecule has 0 aliphatic carbocycles. The topological polar surface area (TPSA) is 79.4 Å². The second-order valence-electron chi connectivity index (χ2n) is 7.30. The highest BCUT2D eigenvalue weighted by atomic mass is 19.1. The Bertz CT molecular complexity index is 1110. The number of hydrogen-bond acceptors (Lipinski definition) is 6. The molecule has 0 atom stereocenters. The summed E-state index contributed by atoms with van der Waals surface area (Å²) >= 11 is 0. The van der Waals surface area contributed by atoms with E-state index in [0.29, 0.717) is 36.1 Å². The number of amides is 1. The minimum Gasteiger partial charge on any atom is -0.378 e. The number of nitrogens with one attached hydrogen (secondary N) is 2. The van der Waals surface area contributed by atoms with Crippen LogP contribution in [0.5, 0.6) is 0 Å². The lowest BCUT2D eigenvalue weighted by atomic mass is 10.2. The zero-order valence-electron chi connectivity index (χ0n) is 17.7. The van der Waals surface area contributed by atoms with Crippen molar-refractivity contribution in [2.75, 3.05) is 41.8 Å². The molecular formula is C24H24FN5O2. The molecule has 4 rings (SSSR count). The zero-order chi connectivity index (χ0) is 22.3. The van der Waals surface area contributed by atoms with Crippen LogP contribution in [0.3, 0.4) is 0 Å². The van der Waals surface area contributed by atoms with Gasteiger partial charge >= 0.3 is 0 Å². The van der Waals surface area contributed by atoms with Gasteiger partial charge in [-0.1, -0.05) is 18.2 Å². The Labute approximate surface area is 186 Å². The van der Waals surface area contributed by atoms with Crippen molar-refractivity contribution in [3.05, 3.63) is 77.9 Å². The molecule has 1 amide bonds. The zero-order valence-corrected chi connectivity index (χ0v) is 17.7. The molecule has 1 aliphatic rings. The van der Waals surface area contributed by atoms with Crippen molar-refractivity contribution < 1.29 is 13.9 Å². The molecule has 7 nitrogen and oxygen atoms in total. The average molecular weight is 433 g/mol. The van der Waals surface area contributed by atoms with Gasteiger partial charge in [-0.3, -0.25) is 4.79 Å². The Morgan fingerprint density at radius 1 is 1.06 bits per heavy atom. The van der Waals surface area contributed by atoms with Gasteiger partial charge in [-0.25, -0.2) is 14.4 Å².